The van der Waals surface area contributed by atoms with Crippen LogP contribution in [-0.2, 0) is 4.74 Å². The molecule has 2 aliphatic heterocycles. The number of ether oxygens (including phenoxy) is 1. The van der Waals surface area contributed by atoms with E-state index in [1.54, 1.807) is 6.07 Å². The Labute approximate surface area is 111 Å². The lowest BCUT2D eigenvalue weighted by Gasteiger charge is -2.21. The molecule has 3 unspecified atom stereocenters. The maximum atomic E-state index is 13.7. The van der Waals surface area contributed by atoms with Gasteiger partial charge in [-0.3, -0.25) is 0 Å². The van der Waals surface area contributed by atoms with Gasteiger partial charge in [-0.25, -0.2) is 4.39 Å². The van der Waals surface area contributed by atoms with Crippen molar-refractivity contribution in [1.82, 2.24) is 0 Å². The molecule has 2 heterocycles. The summed E-state index contributed by atoms with van der Waals surface area (Å²) in [6.07, 6.45) is 3.90. The number of fused-ring (bicyclic) bond motifs is 2. The van der Waals surface area contributed by atoms with Gasteiger partial charge in [-0.1, -0.05) is 12.2 Å². The first-order valence-corrected chi connectivity index (χ1v) is 6.55. The summed E-state index contributed by atoms with van der Waals surface area (Å²) < 4.78 is 19.5. The van der Waals surface area contributed by atoms with Crippen molar-refractivity contribution < 1.29 is 9.13 Å². The first-order chi connectivity index (χ1) is 8.63. The third-order valence-electron chi connectivity index (χ3n) is 3.69. The van der Waals surface area contributed by atoms with Gasteiger partial charge in [-0.15, -0.1) is 0 Å². The van der Waals surface area contributed by atoms with Crippen molar-refractivity contribution in [3.63, 3.8) is 0 Å². The zero-order valence-electron chi connectivity index (χ0n) is 9.86. The van der Waals surface area contributed by atoms with E-state index in [4.69, 9.17) is 22.7 Å². The molecular weight excluding hydrogens is 251 g/mol. The normalized spacial score (nSPS) is 29.5. The van der Waals surface area contributed by atoms with Crippen molar-refractivity contribution in [1.29, 1.82) is 0 Å². The molecule has 18 heavy (non-hydrogen) atoms. The molecule has 96 valence electrons. The lowest BCUT2D eigenvalue weighted by atomic mass is 9.95. The van der Waals surface area contributed by atoms with E-state index in [0.717, 1.165) is 24.9 Å². The second-order valence-corrected chi connectivity index (χ2v) is 5.36. The Morgan fingerprint density at radius 3 is 2.83 bits per heavy atom. The van der Waals surface area contributed by atoms with E-state index in [2.05, 4.69) is 5.32 Å². The van der Waals surface area contributed by atoms with Gasteiger partial charge in [-0.05, 0) is 37.5 Å². The van der Waals surface area contributed by atoms with E-state index in [-0.39, 0.29) is 16.9 Å². The van der Waals surface area contributed by atoms with E-state index in [0.29, 0.717) is 17.7 Å². The van der Waals surface area contributed by atoms with Crippen LogP contribution in [0.1, 0.15) is 24.8 Å². The van der Waals surface area contributed by atoms with Gasteiger partial charge in [0.1, 0.15) is 10.8 Å². The number of hydrogen-bond donors (Lipinski definition) is 2. The Bertz CT molecular complexity index is 494. The Morgan fingerprint density at radius 2 is 2.28 bits per heavy atom. The van der Waals surface area contributed by atoms with Gasteiger partial charge in [0.2, 0.25) is 0 Å². The number of halogens is 1. The molecule has 2 saturated heterocycles. The Morgan fingerprint density at radius 1 is 1.44 bits per heavy atom. The summed E-state index contributed by atoms with van der Waals surface area (Å²) in [6, 6.07) is 5.16. The summed E-state index contributed by atoms with van der Waals surface area (Å²) in [5.41, 5.74) is 6.48. The fourth-order valence-electron chi connectivity index (χ4n) is 2.81. The molecule has 0 aliphatic carbocycles. The third kappa shape index (κ3) is 2.08. The van der Waals surface area contributed by atoms with Crippen LogP contribution < -0.4 is 11.1 Å². The molecule has 0 aromatic heterocycles. The highest BCUT2D eigenvalue weighted by Crippen LogP contribution is 2.36. The van der Waals surface area contributed by atoms with Gasteiger partial charge in [0, 0.05) is 11.3 Å². The van der Waals surface area contributed by atoms with E-state index in [1.807, 2.05) is 6.07 Å². The van der Waals surface area contributed by atoms with E-state index in [1.165, 1.54) is 6.07 Å². The Balaban J connectivity index is 1.74. The molecule has 3 atom stereocenters. The van der Waals surface area contributed by atoms with Gasteiger partial charge < -0.3 is 15.8 Å². The summed E-state index contributed by atoms with van der Waals surface area (Å²) in [6.45, 7) is 0. The average molecular weight is 266 g/mol. The highest BCUT2D eigenvalue weighted by Gasteiger charge is 2.40. The minimum absolute atomic E-state index is 0.0855. The number of thiocarbonyl (C=S) groups is 1. The number of benzene rings is 1. The maximum absolute atomic E-state index is 13.7. The van der Waals surface area contributed by atoms with Crippen LogP contribution >= 0.6 is 12.2 Å². The SMILES string of the molecule is NC(=S)c1ccc(NC2CC3CCC2O3)cc1F. The van der Waals surface area contributed by atoms with Crippen molar-refractivity contribution in [2.24, 2.45) is 5.73 Å². The Kier molecular flexibility index (Phi) is 2.95. The van der Waals surface area contributed by atoms with Crippen LogP contribution in [0.2, 0.25) is 0 Å². The molecule has 0 spiro atoms. The predicted octanol–water partition coefficient (Wildman–Crippen LogP) is 2.19. The minimum Gasteiger partial charge on any atom is -0.389 e. The van der Waals surface area contributed by atoms with Crippen LogP contribution in [0.25, 0.3) is 0 Å². The van der Waals surface area contributed by atoms with Crippen LogP contribution in [-0.4, -0.2) is 23.2 Å². The van der Waals surface area contributed by atoms with Crippen LogP contribution in [0, 0.1) is 5.82 Å². The van der Waals surface area contributed by atoms with E-state index < -0.39 is 0 Å². The largest absolute Gasteiger partial charge is 0.389 e. The zero-order chi connectivity index (χ0) is 12.7. The van der Waals surface area contributed by atoms with Crippen molar-refractivity contribution in [2.45, 2.75) is 37.5 Å². The van der Waals surface area contributed by atoms with E-state index >= 15 is 0 Å². The molecule has 0 amide bonds. The first kappa shape index (κ1) is 11.9. The van der Waals surface area contributed by atoms with Gasteiger partial charge in [0.25, 0.3) is 0 Å². The number of rotatable bonds is 3. The molecule has 2 bridgehead atoms. The zero-order valence-corrected chi connectivity index (χ0v) is 10.7. The molecule has 3 nitrogen and oxygen atoms in total. The Hall–Kier alpha value is -1.20. The van der Waals surface area contributed by atoms with Crippen LogP contribution in [0.4, 0.5) is 10.1 Å². The fraction of sp³-hybridized carbons (Fsp3) is 0.462. The molecule has 2 aliphatic rings. The predicted molar refractivity (Wildman–Crippen MR) is 72.2 cm³/mol. The summed E-state index contributed by atoms with van der Waals surface area (Å²) in [5, 5.41) is 3.33. The highest BCUT2D eigenvalue weighted by molar-refractivity contribution is 7.80. The molecule has 1 aromatic rings. The lowest BCUT2D eigenvalue weighted by molar-refractivity contribution is 0.102. The van der Waals surface area contributed by atoms with E-state index in [9.17, 15) is 4.39 Å². The third-order valence-corrected chi connectivity index (χ3v) is 3.91. The monoisotopic (exact) mass is 266 g/mol. The average Bonchev–Trinajstić information content (AvgIpc) is 2.90. The minimum atomic E-state index is -0.378. The summed E-state index contributed by atoms with van der Waals surface area (Å²) >= 11 is 4.78. The number of nitrogens with one attached hydrogen (secondary N) is 1. The van der Waals surface area contributed by atoms with Crippen LogP contribution in [0.5, 0.6) is 0 Å². The lowest BCUT2D eigenvalue weighted by Crippen LogP contribution is -2.30. The van der Waals surface area contributed by atoms with Crippen molar-refractivity contribution in [3.05, 3.63) is 29.6 Å². The van der Waals surface area contributed by atoms with Gasteiger partial charge >= 0.3 is 0 Å². The maximum Gasteiger partial charge on any atom is 0.135 e. The summed E-state index contributed by atoms with van der Waals surface area (Å²) in [4.78, 5) is 0.0855. The smallest absolute Gasteiger partial charge is 0.135 e. The molecule has 0 saturated carbocycles. The fourth-order valence-corrected chi connectivity index (χ4v) is 2.97. The molecule has 5 heteroatoms. The van der Waals surface area contributed by atoms with Crippen molar-refractivity contribution >= 4 is 22.9 Å². The summed E-state index contributed by atoms with van der Waals surface area (Å²) in [5.74, 6) is -0.378. The molecule has 1 aromatic carbocycles. The standard InChI is InChI=1S/C13H15FN2OS/c14-10-5-7(1-3-9(10)13(15)18)16-11-6-8-2-4-12(11)17-8/h1,3,5,8,11-12,16H,2,4,6H2,(H2,15,18). The van der Waals surface area contributed by atoms with Gasteiger partial charge in [0.05, 0.1) is 18.2 Å². The summed E-state index contributed by atoms with van der Waals surface area (Å²) in [7, 11) is 0. The van der Waals surface area contributed by atoms with Crippen molar-refractivity contribution in [3.8, 4) is 0 Å². The molecular formula is C13H15FN2OS. The highest BCUT2D eigenvalue weighted by atomic mass is 32.1. The van der Waals surface area contributed by atoms with Crippen LogP contribution in [0.3, 0.4) is 0 Å². The molecule has 3 rings (SSSR count). The number of anilines is 1. The molecule has 3 N–H and O–H groups in total. The second-order valence-electron chi connectivity index (χ2n) is 4.92. The van der Waals surface area contributed by atoms with Crippen LogP contribution in [0.15, 0.2) is 18.2 Å². The number of hydrogen-bond acceptors (Lipinski definition) is 3. The van der Waals surface area contributed by atoms with Crippen molar-refractivity contribution in [2.75, 3.05) is 5.32 Å². The second kappa shape index (κ2) is 4.48. The number of nitrogens with two attached hydrogens (primary N) is 1. The van der Waals surface area contributed by atoms with Gasteiger partial charge in [0.15, 0.2) is 0 Å². The van der Waals surface area contributed by atoms with Gasteiger partial charge in [-0.2, -0.15) is 0 Å². The topological polar surface area (TPSA) is 47.3 Å². The molecule has 0 radical (unpaired) electrons. The molecule has 2 fully saturated rings. The first-order valence-electron chi connectivity index (χ1n) is 6.15. The quantitative estimate of drug-likeness (QED) is 0.823.